The van der Waals surface area contributed by atoms with Gasteiger partial charge in [-0.1, -0.05) is 19.1 Å². The first-order valence-corrected chi connectivity index (χ1v) is 7.99. The number of nitrogens with one attached hydrogen (secondary N) is 2. The number of anilines is 1. The molecule has 138 valence electrons. The zero-order valence-electron chi connectivity index (χ0n) is 14.6. The summed E-state index contributed by atoms with van der Waals surface area (Å²) >= 11 is 0. The smallest absolute Gasteiger partial charge is 0.228 e. The Kier molecular flexibility index (Phi) is 11.2. The number of amides is 1. The van der Waals surface area contributed by atoms with Crippen molar-refractivity contribution in [1.29, 1.82) is 0 Å². The second-order valence-electron chi connectivity index (χ2n) is 5.89. The van der Waals surface area contributed by atoms with E-state index in [0.717, 1.165) is 32.0 Å². The number of hydrogen-bond donors (Lipinski definition) is 2. The van der Waals surface area contributed by atoms with Gasteiger partial charge in [0.2, 0.25) is 5.91 Å². The zero-order chi connectivity index (χ0) is 15.9. The molecule has 1 fully saturated rings. The second kappa shape index (κ2) is 11.7. The SMILES string of the molecule is CNCC(C)C(=O)Nc1ccc(C(C)N2CCOCC2)cc1.Cl.Cl. The van der Waals surface area contributed by atoms with Gasteiger partial charge in [0, 0.05) is 37.3 Å². The van der Waals surface area contributed by atoms with Crippen LogP contribution in [-0.2, 0) is 9.53 Å². The lowest BCUT2D eigenvalue weighted by molar-refractivity contribution is -0.119. The molecule has 2 rings (SSSR count). The Labute approximate surface area is 157 Å². The van der Waals surface area contributed by atoms with Crippen LogP contribution in [0.5, 0.6) is 0 Å². The molecule has 0 bridgehead atoms. The van der Waals surface area contributed by atoms with Crippen molar-refractivity contribution in [1.82, 2.24) is 10.2 Å². The van der Waals surface area contributed by atoms with E-state index in [0.29, 0.717) is 12.6 Å². The molecule has 0 saturated carbocycles. The first kappa shape index (κ1) is 23.1. The number of halogens is 2. The minimum atomic E-state index is -0.0445. The van der Waals surface area contributed by atoms with E-state index >= 15 is 0 Å². The van der Waals surface area contributed by atoms with Crippen LogP contribution in [0.3, 0.4) is 0 Å². The van der Waals surface area contributed by atoms with Gasteiger partial charge in [-0.15, -0.1) is 24.8 Å². The molecule has 24 heavy (non-hydrogen) atoms. The maximum Gasteiger partial charge on any atom is 0.228 e. The molecule has 1 aromatic rings. The Balaban J connectivity index is 0.00000264. The highest BCUT2D eigenvalue weighted by Gasteiger charge is 2.18. The maximum atomic E-state index is 12.0. The Morgan fingerprint density at radius 1 is 1.17 bits per heavy atom. The summed E-state index contributed by atoms with van der Waals surface area (Å²) < 4.78 is 5.40. The van der Waals surface area contributed by atoms with Gasteiger partial charge in [0.25, 0.3) is 0 Å². The third kappa shape index (κ3) is 6.57. The molecule has 1 aliphatic heterocycles. The van der Waals surface area contributed by atoms with Crippen LogP contribution in [0.4, 0.5) is 5.69 Å². The number of benzene rings is 1. The molecule has 2 unspecified atom stereocenters. The maximum absolute atomic E-state index is 12.0. The first-order valence-electron chi connectivity index (χ1n) is 7.99. The van der Waals surface area contributed by atoms with E-state index in [9.17, 15) is 4.79 Å². The highest BCUT2D eigenvalue weighted by Crippen LogP contribution is 2.22. The summed E-state index contributed by atoms with van der Waals surface area (Å²) in [6.07, 6.45) is 0. The van der Waals surface area contributed by atoms with Crippen LogP contribution >= 0.6 is 24.8 Å². The molecule has 1 aliphatic rings. The Hall–Kier alpha value is -0.850. The second-order valence-corrected chi connectivity index (χ2v) is 5.89. The number of carbonyl (C=O) groups excluding carboxylic acids is 1. The monoisotopic (exact) mass is 377 g/mol. The highest BCUT2D eigenvalue weighted by molar-refractivity contribution is 5.92. The van der Waals surface area contributed by atoms with E-state index in [2.05, 4.69) is 34.6 Å². The van der Waals surface area contributed by atoms with Gasteiger partial charge in [0.05, 0.1) is 13.2 Å². The van der Waals surface area contributed by atoms with E-state index in [1.165, 1.54) is 5.56 Å². The lowest BCUT2D eigenvalue weighted by Crippen LogP contribution is -2.38. The van der Waals surface area contributed by atoms with Crippen molar-refractivity contribution in [2.75, 3.05) is 45.2 Å². The standard InChI is InChI=1S/C17H27N3O2.2ClH/c1-13(12-18-3)17(21)19-16-6-4-15(5-7-16)14(2)20-8-10-22-11-9-20;;/h4-7,13-14,18H,8-12H2,1-3H3,(H,19,21);2*1H. The molecular formula is C17H29Cl2N3O2. The number of ether oxygens (including phenoxy) is 1. The van der Waals surface area contributed by atoms with E-state index in [1.807, 2.05) is 26.1 Å². The third-order valence-electron chi connectivity index (χ3n) is 4.21. The van der Waals surface area contributed by atoms with E-state index in [-0.39, 0.29) is 36.6 Å². The van der Waals surface area contributed by atoms with Crippen molar-refractivity contribution >= 4 is 36.4 Å². The molecule has 2 atom stereocenters. The van der Waals surface area contributed by atoms with Gasteiger partial charge < -0.3 is 15.4 Å². The lowest BCUT2D eigenvalue weighted by Gasteiger charge is -2.32. The molecule has 2 N–H and O–H groups in total. The Morgan fingerprint density at radius 2 is 1.75 bits per heavy atom. The topological polar surface area (TPSA) is 53.6 Å². The van der Waals surface area contributed by atoms with Crippen molar-refractivity contribution < 1.29 is 9.53 Å². The van der Waals surface area contributed by atoms with E-state index in [4.69, 9.17) is 4.74 Å². The predicted molar refractivity (Wildman–Crippen MR) is 103 cm³/mol. The largest absolute Gasteiger partial charge is 0.379 e. The summed E-state index contributed by atoms with van der Waals surface area (Å²) in [5.41, 5.74) is 2.12. The Bertz CT molecular complexity index is 479. The molecule has 0 aromatic heterocycles. The van der Waals surface area contributed by atoms with Crippen molar-refractivity contribution in [2.45, 2.75) is 19.9 Å². The fraction of sp³-hybridized carbons (Fsp3) is 0.588. The van der Waals surface area contributed by atoms with Gasteiger partial charge in [-0.25, -0.2) is 0 Å². The van der Waals surface area contributed by atoms with Crippen LogP contribution in [0.25, 0.3) is 0 Å². The van der Waals surface area contributed by atoms with Crippen molar-refractivity contribution in [2.24, 2.45) is 5.92 Å². The minimum absolute atomic E-state index is 0. The van der Waals surface area contributed by atoms with E-state index in [1.54, 1.807) is 0 Å². The van der Waals surface area contributed by atoms with Crippen LogP contribution in [0, 0.1) is 5.92 Å². The lowest BCUT2D eigenvalue weighted by atomic mass is 10.1. The molecular weight excluding hydrogens is 349 g/mol. The van der Waals surface area contributed by atoms with Crippen molar-refractivity contribution in [3.05, 3.63) is 29.8 Å². The summed E-state index contributed by atoms with van der Waals surface area (Å²) in [6, 6.07) is 8.53. The van der Waals surface area contributed by atoms with Crippen molar-refractivity contribution in [3.63, 3.8) is 0 Å². The Morgan fingerprint density at radius 3 is 2.29 bits per heavy atom. The summed E-state index contributed by atoms with van der Waals surface area (Å²) in [5.74, 6) is 0.000257. The zero-order valence-corrected chi connectivity index (χ0v) is 16.2. The van der Waals surface area contributed by atoms with Crippen LogP contribution in [-0.4, -0.2) is 50.7 Å². The molecule has 5 nitrogen and oxygen atoms in total. The number of rotatable bonds is 6. The molecule has 0 radical (unpaired) electrons. The van der Waals surface area contributed by atoms with Gasteiger partial charge in [-0.3, -0.25) is 9.69 Å². The average Bonchev–Trinajstić information content (AvgIpc) is 2.56. The number of hydrogen-bond acceptors (Lipinski definition) is 4. The fourth-order valence-corrected chi connectivity index (χ4v) is 2.68. The van der Waals surface area contributed by atoms with E-state index < -0.39 is 0 Å². The number of carbonyl (C=O) groups is 1. The summed E-state index contributed by atoms with van der Waals surface area (Å²) in [5, 5.41) is 5.98. The molecule has 1 amide bonds. The van der Waals surface area contributed by atoms with Crippen LogP contribution in [0.15, 0.2) is 24.3 Å². The third-order valence-corrected chi connectivity index (χ3v) is 4.21. The van der Waals surface area contributed by atoms with Gasteiger partial charge in [0.15, 0.2) is 0 Å². The fourth-order valence-electron chi connectivity index (χ4n) is 2.68. The van der Waals surface area contributed by atoms with Crippen molar-refractivity contribution in [3.8, 4) is 0 Å². The van der Waals surface area contributed by atoms with Gasteiger partial charge >= 0.3 is 0 Å². The van der Waals surface area contributed by atoms with Gasteiger partial charge in [-0.2, -0.15) is 0 Å². The number of morpholine rings is 1. The highest BCUT2D eigenvalue weighted by atomic mass is 35.5. The molecule has 0 spiro atoms. The van der Waals surface area contributed by atoms with Gasteiger partial charge in [-0.05, 0) is 31.7 Å². The minimum Gasteiger partial charge on any atom is -0.379 e. The summed E-state index contributed by atoms with van der Waals surface area (Å²) in [6.45, 7) is 8.37. The molecule has 0 aliphatic carbocycles. The van der Waals surface area contributed by atoms with Crippen LogP contribution in [0.2, 0.25) is 0 Å². The first-order chi connectivity index (χ1) is 10.6. The van der Waals surface area contributed by atoms with Gasteiger partial charge in [0.1, 0.15) is 0 Å². The summed E-state index contributed by atoms with van der Waals surface area (Å²) in [7, 11) is 1.85. The molecule has 7 heteroatoms. The number of nitrogens with zero attached hydrogens (tertiary/aromatic N) is 1. The normalized spacial score (nSPS) is 17.1. The van der Waals surface area contributed by atoms with Crippen LogP contribution in [0.1, 0.15) is 25.5 Å². The molecule has 1 heterocycles. The summed E-state index contributed by atoms with van der Waals surface area (Å²) in [4.78, 5) is 14.4. The molecule has 1 saturated heterocycles. The predicted octanol–water partition coefficient (Wildman–Crippen LogP) is 2.72. The quantitative estimate of drug-likeness (QED) is 0.799. The van der Waals surface area contributed by atoms with Crippen LogP contribution < -0.4 is 10.6 Å². The average molecular weight is 378 g/mol. The molecule has 1 aromatic carbocycles.